The second-order valence-corrected chi connectivity index (χ2v) is 2.97. The smallest absolute Gasteiger partial charge is 0.405 e. The maximum atomic E-state index is 11.7. The molecule has 0 heterocycles. The number of primary amides is 1. The third-order valence-corrected chi connectivity index (χ3v) is 1.29. The summed E-state index contributed by atoms with van der Waals surface area (Å²) in [6.07, 6.45) is 0.0704. The molecule has 66 valence electrons. The number of carbonyl (C=O) groups is 1. The summed E-state index contributed by atoms with van der Waals surface area (Å²) in [5.41, 5.74) is 4.15. The number of hydrogen-bond acceptors (Lipinski definition) is 2. The number of amides is 1. The Morgan fingerprint density at radius 1 is 1.64 bits per heavy atom. The van der Waals surface area contributed by atoms with Crippen LogP contribution in [0, 0.1) is 0 Å². The number of carbonyl (C=O) groups excluding carboxylic acids is 1. The van der Waals surface area contributed by atoms with Gasteiger partial charge >= 0.3 is 6.09 Å². The number of nitrogens with two attached hydrogens (primary N) is 1. The molecule has 0 aliphatic carbocycles. The molecule has 0 rings (SSSR count). The van der Waals surface area contributed by atoms with Crippen molar-refractivity contribution in [3.8, 4) is 0 Å². The first-order valence-electron chi connectivity index (χ1n) is 3.52. The van der Waals surface area contributed by atoms with Crippen molar-refractivity contribution in [1.82, 2.24) is 0 Å². The van der Waals surface area contributed by atoms with Crippen molar-refractivity contribution in [2.45, 2.75) is 32.3 Å². The highest BCUT2D eigenvalue weighted by molar-refractivity contribution is 5.65. The van der Waals surface area contributed by atoms with E-state index in [2.05, 4.69) is 0 Å². The van der Waals surface area contributed by atoms with E-state index in [0.29, 0.717) is 12.8 Å². The summed E-state index contributed by atoms with van der Waals surface area (Å²) >= 11 is 0. The van der Waals surface area contributed by atoms with Crippen LogP contribution >= 0.6 is 0 Å². The van der Waals surface area contributed by atoms with Gasteiger partial charge in [-0.2, -0.15) is 0 Å². The van der Waals surface area contributed by atoms with Gasteiger partial charge in [0.25, 0.3) is 0 Å². The lowest BCUT2D eigenvalue weighted by molar-refractivity contribution is 0.0363. The van der Waals surface area contributed by atoms with Crippen molar-refractivity contribution in [3.05, 3.63) is 0 Å². The number of hydrogen-bond donors (Lipinski definition) is 1. The fourth-order valence-electron chi connectivity index (χ4n) is 0.816. The van der Waals surface area contributed by atoms with E-state index >= 15 is 0 Å². The van der Waals surface area contributed by atoms with Crippen LogP contribution in [0.15, 0.2) is 0 Å². The molecule has 0 aromatic carbocycles. The average molecular weight is 163 g/mol. The molecule has 0 atom stereocenters. The van der Waals surface area contributed by atoms with E-state index in [9.17, 15) is 9.18 Å². The van der Waals surface area contributed by atoms with Crippen molar-refractivity contribution < 1.29 is 13.9 Å². The van der Waals surface area contributed by atoms with Gasteiger partial charge in [-0.3, -0.25) is 4.39 Å². The summed E-state index contributed by atoms with van der Waals surface area (Å²) in [7, 11) is 0. The Bertz CT molecular complexity index is 136. The van der Waals surface area contributed by atoms with Crippen molar-refractivity contribution in [1.29, 1.82) is 0 Å². The molecule has 0 unspecified atom stereocenters. The number of alkyl halides is 1. The van der Waals surface area contributed by atoms with Crippen molar-refractivity contribution in [3.63, 3.8) is 0 Å². The Labute approximate surface area is 65.7 Å². The third-order valence-electron chi connectivity index (χ3n) is 1.29. The minimum Gasteiger partial charge on any atom is -0.444 e. The Morgan fingerprint density at radius 2 is 2.18 bits per heavy atom. The van der Waals surface area contributed by atoms with Gasteiger partial charge in [0, 0.05) is 0 Å². The molecule has 0 aromatic heterocycles. The molecule has 1 amide bonds. The lowest BCUT2D eigenvalue weighted by Crippen LogP contribution is -2.31. The Hall–Kier alpha value is -0.800. The summed E-state index contributed by atoms with van der Waals surface area (Å²) in [4.78, 5) is 10.3. The third kappa shape index (κ3) is 5.63. The molecule has 0 fully saturated rings. The molecule has 2 N–H and O–H groups in total. The molecule has 11 heavy (non-hydrogen) atoms. The molecule has 3 nitrogen and oxygen atoms in total. The zero-order valence-corrected chi connectivity index (χ0v) is 6.89. The molecule has 0 radical (unpaired) electrons. The molecule has 0 aromatic rings. The van der Waals surface area contributed by atoms with Gasteiger partial charge in [-0.1, -0.05) is 0 Å². The zero-order chi connectivity index (χ0) is 8.91. The minimum absolute atomic E-state index is 0.389. The second kappa shape index (κ2) is 4.16. The standard InChI is InChI=1S/C7H14FNO2/c1-7(2,4-3-5-8)11-6(9)10/h3-5H2,1-2H3,(H2,9,10). The van der Waals surface area contributed by atoms with Gasteiger partial charge < -0.3 is 10.5 Å². The summed E-state index contributed by atoms with van der Waals surface area (Å²) in [6, 6.07) is 0. The van der Waals surface area contributed by atoms with Crippen LogP contribution in [0.2, 0.25) is 0 Å². The lowest BCUT2D eigenvalue weighted by atomic mass is 10.0. The quantitative estimate of drug-likeness (QED) is 0.684. The summed E-state index contributed by atoms with van der Waals surface area (Å²) < 4.78 is 16.4. The Balaban J connectivity index is 3.70. The SMILES string of the molecule is CC(C)(CCCF)OC(N)=O. The molecule has 0 aliphatic heterocycles. The Kier molecular flexibility index (Phi) is 3.85. The molecule has 0 saturated carbocycles. The largest absolute Gasteiger partial charge is 0.444 e. The van der Waals surface area contributed by atoms with Gasteiger partial charge in [-0.25, -0.2) is 4.79 Å². The van der Waals surface area contributed by atoms with Crippen molar-refractivity contribution in [2.24, 2.45) is 5.73 Å². The van der Waals surface area contributed by atoms with E-state index in [1.54, 1.807) is 13.8 Å². The van der Waals surface area contributed by atoms with Gasteiger partial charge in [0.2, 0.25) is 0 Å². The molecule has 4 heteroatoms. The maximum absolute atomic E-state index is 11.7. The predicted molar refractivity (Wildman–Crippen MR) is 40.0 cm³/mol. The summed E-state index contributed by atoms with van der Waals surface area (Å²) in [5.74, 6) is 0. The first kappa shape index (κ1) is 10.2. The normalized spacial score (nSPS) is 11.2. The molecule has 0 bridgehead atoms. The maximum Gasteiger partial charge on any atom is 0.405 e. The van der Waals surface area contributed by atoms with E-state index in [0.717, 1.165) is 0 Å². The van der Waals surface area contributed by atoms with E-state index in [-0.39, 0.29) is 0 Å². The van der Waals surface area contributed by atoms with Crippen molar-refractivity contribution in [2.75, 3.05) is 6.67 Å². The van der Waals surface area contributed by atoms with Gasteiger partial charge in [-0.15, -0.1) is 0 Å². The molecule has 0 spiro atoms. The van der Waals surface area contributed by atoms with Crippen LogP contribution in [-0.2, 0) is 4.74 Å². The van der Waals surface area contributed by atoms with Crippen LogP contribution in [0.1, 0.15) is 26.7 Å². The fourth-order valence-corrected chi connectivity index (χ4v) is 0.816. The van der Waals surface area contributed by atoms with Crippen LogP contribution in [0.4, 0.5) is 9.18 Å². The summed E-state index contributed by atoms with van der Waals surface area (Å²) in [6.45, 7) is 3.01. The topological polar surface area (TPSA) is 52.3 Å². The molecular formula is C7H14FNO2. The van der Waals surface area contributed by atoms with Gasteiger partial charge in [0.1, 0.15) is 5.60 Å². The van der Waals surface area contributed by atoms with Crippen LogP contribution in [0.5, 0.6) is 0 Å². The minimum atomic E-state index is -0.811. The number of rotatable bonds is 4. The highest BCUT2D eigenvalue weighted by Gasteiger charge is 2.20. The first-order valence-corrected chi connectivity index (χ1v) is 3.52. The molecule has 0 saturated heterocycles. The van der Waals surface area contributed by atoms with Gasteiger partial charge in [0.15, 0.2) is 0 Å². The first-order chi connectivity index (χ1) is 4.98. The lowest BCUT2D eigenvalue weighted by Gasteiger charge is -2.22. The van der Waals surface area contributed by atoms with E-state index < -0.39 is 18.4 Å². The van der Waals surface area contributed by atoms with Gasteiger partial charge in [0.05, 0.1) is 6.67 Å². The van der Waals surface area contributed by atoms with Crippen LogP contribution in [0.3, 0.4) is 0 Å². The Morgan fingerprint density at radius 3 is 2.55 bits per heavy atom. The highest BCUT2D eigenvalue weighted by Crippen LogP contribution is 2.16. The van der Waals surface area contributed by atoms with Crippen molar-refractivity contribution >= 4 is 6.09 Å². The van der Waals surface area contributed by atoms with Gasteiger partial charge in [-0.05, 0) is 26.7 Å². The number of ether oxygens (including phenoxy) is 1. The fraction of sp³-hybridized carbons (Fsp3) is 0.857. The molecular weight excluding hydrogens is 149 g/mol. The van der Waals surface area contributed by atoms with E-state index in [4.69, 9.17) is 10.5 Å². The van der Waals surface area contributed by atoms with Crippen LogP contribution < -0.4 is 5.73 Å². The predicted octanol–water partition coefficient (Wildman–Crippen LogP) is 1.61. The summed E-state index contributed by atoms with van der Waals surface area (Å²) in [5, 5.41) is 0. The number of halogens is 1. The highest BCUT2D eigenvalue weighted by atomic mass is 19.1. The van der Waals surface area contributed by atoms with E-state index in [1.807, 2.05) is 0 Å². The average Bonchev–Trinajstić information content (AvgIpc) is 1.81. The second-order valence-electron chi connectivity index (χ2n) is 2.97. The molecule has 0 aliphatic rings. The van der Waals surface area contributed by atoms with E-state index in [1.165, 1.54) is 0 Å². The monoisotopic (exact) mass is 163 g/mol. The van der Waals surface area contributed by atoms with Crippen LogP contribution in [-0.4, -0.2) is 18.4 Å². The van der Waals surface area contributed by atoms with Crippen LogP contribution in [0.25, 0.3) is 0 Å². The zero-order valence-electron chi connectivity index (χ0n) is 6.89.